The molecule has 104 valence electrons. The molecule has 2 rings (SSSR count). The number of benzene rings is 2. The van der Waals surface area contributed by atoms with E-state index in [1.165, 1.54) is 13.2 Å². The van der Waals surface area contributed by atoms with E-state index < -0.39 is 5.97 Å². The van der Waals surface area contributed by atoms with Crippen LogP contribution in [0.15, 0.2) is 47.4 Å². The predicted octanol–water partition coefficient (Wildman–Crippen LogP) is 3.57. The van der Waals surface area contributed by atoms with Crippen LogP contribution in [0.3, 0.4) is 0 Å². The lowest BCUT2D eigenvalue weighted by atomic mass is 10.2. The van der Waals surface area contributed by atoms with Gasteiger partial charge in [-0.3, -0.25) is 0 Å². The van der Waals surface area contributed by atoms with Crippen molar-refractivity contribution in [2.24, 2.45) is 0 Å². The van der Waals surface area contributed by atoms with Gasteiger partial charge in [0.15, 0.2) is 0 Å². The number of nitrogen functional groups attached to an aromatic ring is 1. The third kappa shape index (κ3) is 3.24. The molecule has 2 aromatic rings. The lowest BCUT2D eigenvalue weighted by Crippen LogP contribution is -2.04. The molecule has 0 bridgehead atoms. The minimum absolute atomic E-state index is 0.307. The van der Waals surface area contributed by atoms with Crippen LogP contribution in [0.2, 0.25) is 0 Å². The summed E-state index contributed by atoms with van der Waals surface area (Å²) in [6.07, 6.45) is 2.01. The summed E-state index contributed by atoms with van der Waals surface area (Å²) in [4.78, 5) is 12.9. The van der Waals surface area contributed by atoms with Gasteiger partial charge in [0, 0.05) is 10.6 Å². The topological polar surface area (TPSA) is 61.5 Å². The van der Waals surface area contributed by atoms with E-state index in [1.54, 1.807) is 23.9 Å². The Kier molecular flexibility index (Phi) is 4.53. The largest absolute Gasteiger partial charge is 0.465 e. The average Bonchev–Trinajstić information content (AvgIpc) is 2.49. The van der Waals surface area contributed by atoms with E-state index in [-0.39, 0.29) is 0 Å². The summed E-state index contributed by atoms with van der Waals surface area (Å²) in [5, 5.41) is 0. The molecule has 4 nitrogen and oxygen atoms in total. The van der Waals surface area contributed by atoms with Crippen LogP contribution in [-0.4, -0.2) is 19.3 Å². The molecule has 0 aliphatic rings. The highest BCUT2D eigenvalue weighted by Crippen LogP contribution is 2.29. The molecule has 0 heterocycles. The molecule has 2 aromatic carbocycles. The Bertz CT molecular complexity index is 611. The van der Waals surface area contributed by atoms with Gasteiger partial charge in [-0.2, -0.15) is 0 Å². The molecule has 0 atom stereocenters. The van der Waals surface area contributed by atoms with Crippen molar-refractivity contribution >= 4 is 23.4 Å². The number of anilines is 1. The van der Waals surface area contributed by atoms with Crippen molar-refractivity contribution in [3.05, 3.63) is 48.0 Å². The quantitative estimate of drug-likeness (QED) is 0.529. The molecule has 0 radical (unpaired) electrons. The number of nitrogens with two attached hydrogens (primary N) is 1. The Morgan fingerprint density at radius 1 is 1.15 bits per heavy atom. The van der Waals surface area contributed by atoms with Crippen molar-refractivity contribution < 1.29 is 14.3 Å². The summed E-state index contributed by atoms with van der Waals surface area (Å²) >= 11 is 1.65. The summed E-state index contributed by atoms with van der Waals surface area (Å²) in [7, 11) is 1.32. The molecule has 0 spiro atoms. The highest BCUT2D eigenvalue weighted by Gasteiger charge is 2.14. The SMILES string of the molecule is COC(=O)c1cc(N)ccc1Oc1ccc(SC)cc1. The maximum atomic E-state index is 11.7. The second-order valence-electron chi connectivity index (χ2n) is 4.02. The Morgan fingerprint density at radius 3 is 2.45 bits per heavy atom. The second-order valence-corrected chi connectivity index (χ2v) is 4.90. The molecule has 0 fully saturated rings. The van der Waals surface area contributed by atoms with E-state index in [0.717, 1.165) is 4.90 Å². The molecule has 0 saturated heterocycles. The molecule has 20 heavy (non-hydrogen) atoms. The summed E-state index contributed by atoms with van der Waals surface area (Å²) in [5.74, 6) is 0.591. The van der Waals surface area contributed by atoms with Gasteiger partial charge in [-0.15, -0.1) is 11.8 Å². The minimum atomic E-state index is -0.479. The van der Waals surface area contributed by atoms with E-state index in [2.05, 4.69) is 0 Å². The highest BCUT2D eigenvalue weighted by molar-refractivity contribution is 7.98. The number of hydrogen-bond acceptors (Lipinski definition) is 5. The number of esters is 1. The zero-order valence-electron chi connectivity index (χ0n) is 11.3. The van der Waals surface area contributed by atoms with E-state index >= 15 is 0 Å². The van der Waals surface area contributed by atoms with Gasteiger partial charge in [-0.1, -0.05) is 0 Å². The van der Waals surface area contributed by atoms with E-state index in [4.69, 9.17) is 15.2 Å². The van der Waals surface area contributed by atoms with Crippen molar-refractivity contribution in [2.75, 3.05) is 19.1 Å². The van der Waals surface area contributed by atoms with Crippen molar-refractivity contribution in [2.45, 2.75) is 4.90 Å². The van der Waals surface area contributed by atoms with Gasteiger partial charge < -0.3 is 15.2 Å². The zero-order chi connectivity index (χ0) is 14.5. The van der Waals surface area contributed by atoms with Gasteiger partial charge in [-0.25, -0.2) is 4.79 Å². The van der Waals surface area contributed by atoms with Crippen molar-refractivity contribution in [1.29, 1.82) is 0 Å². The van der Waals surface area contributed by atoms with Gasteiger partial charge in [-0.05, 0) is 48.7 Å². The predicted molar refractivity (Wildman–Crippen MR) is 80.5 cm³/mol. The average molecular weight is 289 g/mol. The van der Waals surface area contributed by atoms with Crippen LogP contribution < -0.4 is 10.5 Å². The van der Waals surface area contributed by atoms with Crippen LogP contribution in [0, 0.1) is 0 Å². The van der Waals surface area contributed by atoms with Crippen molar-refractivity contribution in [1.82, 2.24) is 0 Å². The molecular formula is C15H15NO3S. The van der Waals surface area contributed by atoms with Gasteiger partial charge in [0.05, 0.1) is 7.11 Å². The Labute approximate surface area is 121 Å². The summed E-state index contributed by atoms with van der Waals surface area (Å²) in [5.41, 5.74) is 6.47. The monoisotopic (exact) mass is 289 g/mol. The number of rotatable bonds is 4. The van der Waals surface area contributed by atoms with E-state index in [1.807, 2.05) is 30.5 Å². The third-order valence-electron chi connectivity index (χ3n) is 2.70. The maximum Gasteiger partial charge on any atom is 0.341 e. The lowest BCUT2D eigenvalue weighted by Gasteiger charge is -2.11. The van der Waals surface area contributed by atoms with Gasteiger partial charge in [0.2, 0.25) is 0 Å². The first-order valence-corrected chi connectivity index (χ1v) is 7.16. The van der Waals surface area contributed by atoms with Gasteiger partial charge in [0.1, 0.15) is 17.1 Å². The Balaban J connectivity index is 2.30. The standard InChI is InChI=1S/C15H15NO3S/c1-18-15(17)13-9-10(16)3-8-14(13)19-11-4-6-12(20-2)7-5-11/h3-9H,16H2,1-2H3. The number of carbonyl (C=O) groups excluding carboxylic acids is 1. The smallest absolute Gasteiger partial charge is 0.341 e. The summed E-state index contributed by atoms with van der Waals surface area (Å²) in [6, 6.07) is 12.5. The van der Waals surface area contributed by atoms with Crippen LogP contribution in [0.1, 0.15) is 10.4 Å². The molecule has 5 heteroatoms. The third-order valence-corrected chi connectivity index (χ3v) is 3.44. The lowest BCUT2D eigenvalue weighted by molar-refractivity contribution is 0.0598. The number of ether oxygens (including phenoxy) is 2. The maximum absolute atomic E-state index is 11.7. The number of methoxy groups -OCH3 is 1. The van der Waals surface area contributed by atoms with Gasteiger partial charge >= 0.3 is 5.97 Å². The molecule has 0 amide bonds. The van der Waals surface area contributed by atoms with E-state index in [0.29, 0.717) is 22.7 Å². The number of hydrogen-bond donors (Lipinski definition) is 1. The van der Waals surface area contributed by atoms with E-state index in [9.17, 15) is 4.79 Å². The fraction of sp³-hybridized carbons (Fsp3) is 0.133. The first-order valence-electron chi connectivity index (χ1n) is 5.94. The second kappa shape index (κ2) is 6.34. The first-order chi connectivity index (χ1) is 9.63. The van der Waals surface area contributed by atoms with Crippen LogP contribution in [0.4, 0.5) is 5.69 Å². The minimum Gasteiger partial charge on any atom is -0.465 e. The molecule has 0 saturated carbocycles. The molecule has 0 unspecified atom stereocenters. The molecular weight excluding hydrogens is 274 g/mol. The van der Waals surface area contributed by atoms with Crippen molar-refractivity contribution in [3.8, 4) is 11.5 Å². The fourth-order valence-corrected chi connectivity index (χ4v) is 2.09. The first kappa shape index (κ1) is 14.3. The van der Waals surface area contributed by atoms with Crippen LogP contribution in [0.5, 0.6) is 11.5 Å². The van der Waals surface area contributed by atoms with Gasteiger partial charge in [0.25, 0.3) is 0 Å². The number of thioether (sulfide) groups is 1. The summed E-state index contributed by atoms with van der Waals surface area (Å²) < 4.78 is 10.4. The highest BCUT2D eigenvalue weighted by atomic mass is 32.2. The Hall–Kier alpha value is -2.14. The normalized spacial score (nSPS) is 10.1. The summed E-state index contributed by atoms with van der Waals surface area (Å²) in [6.45, 7) is 0. The molecule has 0 aliphatic carbocycles. The molecule has 2 N–H and O–H groups in total. The molecule has 0 aliphatic heterocycles. The fourth-order valence-electron chi connectivity index (χ4n) is 1.68. The zero-order valence-corrected chi connectivity index (χ0v) is 12.1. The Morgan fingerprint density at radius 2 is 1.85 bits per heavy atom. The van der Waals surface area contributed by atoms with Crippen LogP contribution >= 0.6 is 11.8 Å². The molecule has 0 aromatic heterocycles. The van der Waals surface area contributed by atoms with Crippen LogP contribution in [-0.2, 0) is 4.74 Å². The number of carbonyl (C=O) groups is 1. The van der Waals surface area contributed by atoms with Crippen LogP contribution in [0.25, 0.3) is 0 Å². The van der Waals surface area contributed by atoms with Crippen molar-refractivity contribution in [3.63, 3.8) is 0 Å².